The first-order valence-corrected chi connectivity index (χ1v) is 5.89. The highest BCUT2D eigenvalue weighted by atomic mass is 32.2. The van der Waals surface area contributed by atoms with Crippen molar-refractivity contribution in [1.82, 2.24) is 0 Å². The minimum absolute atomic E-state index is 0.0705. The molecule has 0 spiro atoms. The molecule has 2 rings (SSSR count). The molecule has 0 aliphatic carbocycles. The second kappa shape index (κ2) is 3.72. The second-order valence-corrected chi connectivity index (χ2v) is 6.18. The van der Waals surface area contributed by atoms with Crippen LogP contribution in [-0.4, -0.2) is 17.0 Å². The molecular formula is C12H16O2S. The van der Waals surface area contributed by atoms with Crippen LogP contribution in [-0.2, 0) is 0 Å². The van der Waals surface area contributed by atoms with Crippen molar-refractivity contribution in [2.75, 3.05) is 7.11 Å². The van der Waals surface area contributed by atoms with Gasteiger partial charge in [0, 0.05) is 4.75 Å². The molecule has 1 aromatic rings. The SMILES string of the molecule is COc1cccc2c1SC(C)(C)CC2O. The number of rotatable bonds is 1. The van der Waals surface area contributed by atoms with Crippen molar-refractivity contribution in [2.45, 2.75) is 36.0 Å². The number of ether oxygens (including phenoxy) is 1. The first-order chi connectivity index (χ1) is 7.03. The van der Waals surface area contributed by atoms with E-state index in [2.05, 4.69) is 13.8 Å². The van der Waals surface area contributed by atoms with E-state index in [4.69, 9.17) is 4.74 Å². The molecule has 3 heteroatoms. The van der Waals surface area contributed by atoms with E-state index in [1.165, 1.54) is 0 Å². The number of aliphatic hydroxyl groups is 1. The van der Waals surface area contributed by atoms with Crippen molar-refractivity contribution in [1.29, 1.82) is 0 Å². The topological polar surface area (TPSA) is 29.5 Å². The Morgan fingerprint density at radius 1 is 1.47 bits per heavy atom. The van der Waals surface area contributed by atoms with Crippen molar-refractivity contribution >= 4 is 11.8 Å². The fraction of sp³-hybridized carbons (Fsp3) is 0.500. The van der Waals surface area contributed by atoms with Crippen molar-refractivity contribution in [3.05, 3.63) is 23.8 Å². The summed E-state index contributed by atoms with van der Waals surface area (Å²) in [6, 6.07) is 5.85. The van der Waals surface area contributed by atoms with E-state index < -0.39 is 0 Å². The predicted octanol–water partition coefficient (Wildman–Crippen LogP) is 3.00. The van der Waals surface area contributed by atoms with Gasteiger partial charge < -0.3 is 9.84 Å². The third-order valence-corrected chi connectivity index (χ3v) is 4.01. The van der Waals surface area contributed by atoms with Crippen molar-refractivity contribution in [3.8, 4) is 5.75 Å². The van der Waals surface area contributed by atoms with Crippen LogP contribution in [0, 0.1) is 0 Å². The Balaban J connectivity index is 2.50. The number of fused-ring (bicyclic) bond motifs is 1. The number of hydrogen-bond acceptors (Lipinski definition) is 3. The molecule has 1 aliphatic rings. The first-order valence-electron chi connectivity index (χ1n) is 5.07. The van der Waals surface area contributed by atoms with Gasteiger partial charge in [-0.05, 0) is 18.1 Å². The van der Waals surface area contributed by atoms with Gasteiger partial charge in [-0.2, -0.15) is 0 Å². The Hall–Kier alpha value is -0.670. The fourth-order valence-corrected chi connectivity index (χ4v) is 3.33. The van der Waals surface area contributed by atoms with E-state index in [9.17, 15) is 5.11 Å². The van der Waals surface area contributed by atoms with Crippen LogP contribution in [0.3, 0.4) is 0 Å². The average molecular weight is 224 g/mol. The minimum atomic E-state index is -0.369. The normalized spacial score (nSPS) is 23.3. The van der Waals surface area contributed by atoms with Crippen LogP contribution >= 0.6 is 11.8 Å². The van der Waals surface area contributed by atoms with Crippen LogP contribution in [0.15, 0.2) is 23.1 Å². The molecule has 1 N–H and O–H groups in total. The summed E-state index contributed by atoms with van der Waals surface area (Å²) in [7, 11) is 1.67. The molecule has 0 fully saturated rings. The molecular weight excluding hydrogens is 208 g/mol. The summed E-state index contributed by atoms with van der Waals surface area (Å²) >= 11 is 1.78. The van der Waals surface area contributed by atoms with Gasteiger partial charge in [-0.15, -0.1) is 11.8 Å². The van der Waals surface area contributed by atoms with Crippen molar-refractivity contribution < 1.29 is 9.84 Å². The molecule has 1 atom stereocenters. The van der Waals surface area contributed by atoms with Crippen LogP contribution in [0.4, 0.5) is 0 Å². The van der Waals surface area contributed by atoms with E-state index in [0.29, 0.717) is 0 Å². The summed E-state index contributed by atoms with van der Waals surface area (Å²) in [6.07, 6.45) is 0.420. The zero-order valence-corrected chi connectivity index (χ0v) is 10.1. The summed E-state index contributed by atoms with van der Waals surface area (Å²) < 4.78 is 5.39. The van der Waals surface area contributed by atoms with Crippen LogP contribution in [0.5, 0.6) is 5.75 Å². The van der Waals surface area contributed by atoms with E-state index in [1.807, 2.05) is 18.2 Å². The zero-order valence-electron chi connectivity index (χ0n) is 9.28. The molecule has 0 aromatic heterocycles. The number of thioether (sulfide) groups is 1. The van der Waals surface area contributed by atoms with Gasteiger partial charge in [-0.25, -0.2) is 0 Å². The highest BCUT2D eigenvalue weighted by Gasteiger charge is 2.33. The predicted molar refractivity (Wildman–Crippen MR) is 62.5 cm³/mol. The lowest BCUT2D eigenvalue weighted by Crippen LogP contribution is -2.24. The molecule has 2 nitrogen and oxygen atoms in total. The maximum absolute atomic E-state index is 10.0. The molecule has 0 amide bonds. The van der Waals surface area contributed by atoms with E-state index in [-0.39, 0.29) is 10.9 Å². The largest absolute Gasteiger partial charge is 0.496 e. The Kier molecular flexibility index (Phi) is 2.69. The maximum atomic E-state index is 10.0. The van der Waals surface area contributed by atoms with Crippen molar-refractivity contribution in [2.24, 2.45) is 0 Å². The lowest BCUT2D eigenvalue weighted by atomic mass is 9.97. The molecule has 0 bridgehead atoms. The number of hydrogen-bond donors (Lipinski definition) is 1. The molecule has 0 saturated heterocycles. The van der Waals surface area contributed by atoms with Crippen LogP contribution in [0.2, 0.25) is 0 Å². The molecule has 82 valence electrons. The maximum Gasteiger partial charge on any atom is 0.132 e. The summed E-state index contributed by atoms with van der Waals surface area (Å²) in [5, 5.41) is 10.0. The third kappa shape index (κ3) is 1.99. The van der Waals surface area contributed by atoms with Gasteiger partial charge in [0.25, 0.3) is 0 Å². The third-order valence-electron chi connectivity index (χ3n) is 2.65. The van der Waals surface area contributed by atoms with Gasteiger partial charge in [-0.1, -0.05) is 26.0 Å². The number of aliphatic hydroxyl groups excluding tert-OH is 1. The first kappa shape index (κ1) is 10.8. The zero-order chi connectivity index (χ0) is 11.1. The standard InChI is InChI=1S/C12H16O2S/c1-12(2)7-9(13)8-5-4-6-10(14-3)11(8)15-12/h4-6,9,13H,7H2,1-3H3. The van der Waals surface area contributed by atoms with Crippen molar-refractivity contribution in [3.63, 3.8) is 0 Å². The van der Waals surface area contributed by atoms with Gasteiger partial charge in [-0.3, -0.25) is 0 Å². The van der Waals surface area contributed by atoms with E-state index >= 15 is 0 Å². The summed E-state index contributed by atoms with van der Waals surface area (Å²) in [5.41, 5.74) is 0.999. The Morgan fingerprint density at radius 3 is 2.87 bits per heavy atom. The Labute approximate surface area is 94.6 Å². The molecule has 0 radical (unpaired) electrons. The molecule has 0 saturated carbocycles. The summed E-state index contributed by atoms with van der Waals surface area (Å²) in [6.45, 7) is 4.30. The highest BCUT2D eigenvalue weighted by molar-refractivity contribution is 8.00. The highest BCUT2D eigenvalue weighted by Crippen LogP contribution is 2.50. The average Bonchev–Trinajstić information content (AvgIpc) is 2.15. The quantitative estimate of drug-likeness (QED) is 0.795. The van der Waals surface area contributed by atoms with Crippen LogP contribution in [0.1, 0.15) is 31.9 Å². The van der Waals surface area contributed by atoms with E-state index in [1.54, 1.807) is 18.9 Å². The lowest BCUT2D eigenvalue weighted by Gasteiger charge is -2.34. The summed E-state index contributed by atoms with van der Waals surface area (Å²) in [5.74, 6) is 0.865. The molecule has 1 heterocycles. The van der Waals surface area contributed by atoms with Gasteiger partial charge in [0.15, 0.2) is 0 Å². The van der Waals surface area contributed by atoms with E-state index in [0.717, 1.165) is 22.6 Å². The Bertz CT molecular complexity index is 374. The number of methoxy groups -OCH3 is 1. The Morgan fingerprint density at radius 2 is 2.20 bits per heavy atom. The van der Waals surface area contributed by atoms with Gasteiger partial charge in [0.2, 0.25) is 0 Å². The van der Waals surface area contributed by atoms with Gasteiger partial charge in [0.1, 0.15) is 5.75 Å². The minimum Gasteiger partial charge on any atom is -0.496 e. The molecule has 1 aromatic carbocycles. The molecule has 1 unspecified atom stereocenters. The molecule has 15 heavy (non-hydrogen) atoms. The van der Waals surface area contributed by atoms with Gasteiger partial charge >= 0.3 is 0 Å². The van der Waals surface area contributed by atoms with Crippen LogP contribution in [0.25, 0.3) is 0 Å². The summed E-state index contributed by atoms with van der Waals surface area (Å²) in [4.78, 5) is 1.09. The molecule has 1 aliphatic heterocycles. The monoisotopic (exact) mass is 224 g/mol. The van der Waals surface area contributed by atoms with Crippen LogP contribution < -0.4 is 4.74 Å². The smallest absolute Gasteiger partial charge is 0.132 e. The fourth-order valence-electron chi connectivity index (χ4n) is 1.96. The van der Waals surface area contributed by atoms with Gasteiger partial charge in [0.05, 0.1) is 18.1 Å². The lowest BCUT2D eigenvalue weighted by molar-refractivity contribution is 0.150. The second-order valence-electron chi connectivity index (χ2n) is 4.46. The number of benzene rings is 1.